The van der Waals surface area contributed by atoms with Gasteiger partial charge >= 0.3 is 0 Å². The molecule has 1 fully saturated rings. The van der Waals surface area contributed by atoms with Crippen molar-refractivity contribution in [3.63, 3.8) is 0 Å². The molecule has 1 aromatic heterocycles. The number of aromatic nitrogens is 2. The summed E-state index contributed by atoms with van der Waals surface area (Å²) in [6.07, 6.45) is 0. The van der Waals surface area contributed by atoms with E-state index in [0.29, 0.717) is 6.04 Å². The third-order valence-corrected chi connectivity index (χ3v) is 3.19. The molecule has 2 aromatic rings. The molecule has 0 spiro atoms. The van der Waals surface area contributed by atoms with Gasteiger partial charge in [0.1, 0.15) is 5.82 Å². The van der Waals surface area contributed by atoms with Gasteiger partial charge in [0.25, 0.3) is 0 Å². The number of rotatable bonds is 3. The Labute approximate surface area is 110 Å². The number of benzene rings is 1. The maximum Gasteiger partial charge on any atom is 0.148 e. The van der Waals surface area contributed by atoms with Crippen molar-refractivity contribution < 1.29 is 0 Å². The van der Waals surface area contributed by atoms with Gasteiger partial charge in [-0.2, -0.15) is 0 Å². The summed E-state index contributed by atoms with van der Waals surface area (Å²) in [5.41, 5.74) is 1.87. The van der Waals surface area contributed by atoms with Crippen LogP contribution in [0.15, 0.2) is 36.4 Å². The second-order valence-electron chi connectivity index (χ2n) is 4.31. The van der Waals surface area contributed by atoms with Crippen molar-refractivity contribution in [2.45, 2.75) is 6.04 Å². The zero-order valence-electron chi connectivity index (χ0n) is 9.73. The van der Waals surface area contributed by atoms with E-state index in [0.717, 1.165) is 35.2 Å². The Hall–Kier alpha value is -1.65. The maximum absolute atomic E-state index is 5.85. The first kappa shape index (κ1) is 11.4. The first-order valence-electron chi connectivity index (χ1n) is 5.88. The lowest BCUT2D eigenvalue weighted by atomic mass is 10.1. The first-order valence-corrected chi connectivity index (χ1v) is 6.26. The smallest absolute Gasteiger partial charge is 0.148 e. The average Bonchev–Trinajstić information content (AvgIpc) is 2.36. The van der Waals surface area contributed by atoms with Gasteiger partial charge in [0, 0.05) is 23.7 Å². The quantitative estimate of drug-likeness (QED) is 0.888. The highest BCUT2D eigenvalue weighted by atomic mass is 35.5. The van der Waals surface area contributed by atoms with Gasteiger partial charge < -0.3 is 10.6 Å². The zero-order chi connectivity index (χ0) is 12.4. The molecule has 2 heterocycles. The molecule has 0 bridgehead atoms. The summed E-state index contributed by atoms with van der Waals surface area (Å²) in [6, 6.07) is 12.0. The SMILES string of the molecule is Clc1ccc(-c2ccc(NC3CNC3)nn2)cc1. The fraction of sp³-hybridized carbons (Fsp3) is 0.231. The highest BCUT2D eigenvalue weighted by Gasteiger charge is 2.16. The molecular formula is C13H13ClN4. The molecule has 1 aromatic carbocycles. The molecule has 0 aliphatic carbocycles. The predicted octanol–water partition coefficient (Wildman–Crippen LogP) is 2.18. The third-order valence-electron chi connectivity index (χ3n) is 2.94. The molecule has 0 radical (unpaired) electrons. The van der Waals surface area contributed by atoms with Crippen molar-refractivity contribution >= 4 is 17.4 Å². The van der Waals surface area contributed by atoms with Crippen LogP contribution in [0.5, 0.6) is 0 Å². The van der Waals surface area contributed by atoms with Crippen molar-refractivity contribution in [3.05, 3.63) is 41.4 Å². The summed E-state index contributed by atoms with van der Waals surface area (Å²) in [6.45, 7) is 1.97. The summed E-state index contributed by atoms with van der Waals surface area (Å²) < 4.78 is 0. The molecule has 0 amide bonds. The Morgan fingerprint density at radius 1 is 1.06 bits per heavy atom. The molecule has 18 heavy (non-hydrogen) atoms. The second-order valence-corrected chi connectivity index (χ2v) is 4.75. The van der Waals surface area contributed by atoms with Crippen LogP contribution in [0.3, 0.4) is 0 Å². The van der Waals surface area contributed by atoms with Gasteiger partial charge in [0.15, 0.2) is 0 Å². The lowest BCUT2D eigenvalue weighted by Crippen LogP contribution is -2.51. The van der Waals surface area contributed by atoms with Crippen molar-refractivity contribution in [1.29, 1.82) is 0 Å². The number of nitrogens with zero attached hydrogens (tertiary/aromatic N) is 2. The molecule has 0 unspecified atom stereocenters. The summed E-state index contributed by atoms with van der Waals surface area (Å²) in [5, 5.41) is 15.6. The van der Waals surface area contributed by atoms with Crippen LogP contribution < -0.4 is 10.6 Å². The molecule has 0 atom stereocenters. The molecule has 3 rings (SSSR count). The Morgan fingerprint density at radius 3 is 2.39 bits per heavy atom. The van der Waals surface area contributed by atoms with E-state index in [-0.39, 0.29) is 0 Å². The topological polar surface area (TPSA) is 49.8 Å². The molecule has 2 N–H and O–H groups in total. The van der Waals surface area contributed by atoms with Gasteiger partial charge in [0.2, 0.25) is 0 Å². The largest absolute Gasteiger partial charge is 0.363 e. The molecule has 1 saturated heterocycles. The molecule has 1 aliphatic heterocycles. The Kier molecular flexibility index (Phi) is 3.13. The summed E-state index contributed by atoms with van der Waals surface area (Å²) >= 11 is 5.85. The minimum atomic E-state index is 0.473. The van der Waals surface area contributed by atoms with E-state index in [1.54, 1.807) is 0 Å². The molecule has 0 saturated carbocycles. The van der Waals surface area contributed by atoms with E-state index in [2.05, 4.69) is 20.8 Å². The molecule has 4 nitrogen and oxygen atoms in total. The van der Waals surface area contributed by atoms with Crippen LogP contribution in [0.1, 0.15) is 0 Å². The van der Waals surface area contributed by atoms with Gasteiger partial charge in [-0.15, -0.1) is 10.2 Å². The minimum absolute atomic E-state index is 0.473. The van der Waals surface area contributed by atoms with Crippen LogP contribution in [0.2, 0.25) is 5.02 Å². The van der Waals surface area contributed by atoms with Gasteiger partial charge in [-0.3, -0.25) is 0 Å². The zero-order valence-corrected chi connectivity index (χ0v) is 10.5. The van der Waals surface area contributed by atoms with Crippen LogP contribution in [-0.2, 0) is 0 Å². The van der Waals surface area contributed by atoms with Gasteiger partial charge in [0.05, 0.1) is 11.7 Å². The third kappa shape index (κ3) is 2.44. The fourth-order valence-electron chi connectivity index (χ4n) is 1.78. The second kappa shape index (κ2) is 4.92. The molecular weight excluding hydrogens is 248 g/mol. The monoisotopic (exact) mass is 260 g/mol. The van der Waals surface area contributed by atoms with E-state index in [1.165, 1.54) is 0 Å². The molecule has 5 heteroatoms. The van der Waals surface area contributed by atoms with E-state index >= 15 is 0 Å². The Morgan fingerprint density at radius 2 is 1.83 bits per heavy atom. The van der Waals surface area contributed by atoms with Crippen LogP contribution in [-0.4, -0.2) is 29.3 Å². The lowest BCUT2D eigenvalue weighted by Gasteiger charge is -2.28. The van der Waals surface area contributed by atoms with Crippen LogP contribution in [0.25, 0.3) is 11.3 Å². The van der Waals surface area contributed by atoms with E-state index in [9.17, 15) is 0 Å². The van der Waals surface area contributed by atoms with Gasteiger partial charge in [-0.1, -0.05) is 23.7 Å². The standard InChI is InChI=1S/C13H13ClN4/c14-10-3-1-9(2-4-10)12-5-6-13(18-17-12)16-11-7-15-8-11/h1-6,11,15H,7-8H2,(H,16,18). The summed E-state index contributed by atoms with van der Waals surface area (Å²) in [4.78, 5) is 0. The Balaban J connectivity index is 1.75. The number of hydrogen-bond donors (Lipinski definition) is 2. The maximum atomic E-state index is 5.85. The fourth-order valence-corrected chi connectivity index (χ4v) is 1.91. The summed E-state index contributed by atoms with van der Waals surface area (Å²) in [5.74, 6) is 0.819. The van der Waals surface area contributed by atoms with Crippen molar-refractivity contribution in [1.82, 2.24) is 15.5 Å². The normalized spacial score (nSPS) is 15.2. The molecule has 92 valence electrons. The van der Waals surface area contributed by atoms with E-state index in [4.69, 9.17) is 11.6 Å². The number of halogens is 1. The number of nitrogens with one attached hydrogen (secondary N) is 2. The first-order chi connectivity index (χ1) is 8.81. The van der Waals surface area contributed by atoms with Crippen LogP contribution in [0.4, 0.5) is 5.82 Å². The van der Waals surface area contributed by atoms with Crippen molar-refractivity contribution in [2.24, 2.45) is 0 Å². The average molecular weight is 261 g/mol. The van der Waals surface area contributed by atoms with Crippen LogP contribution >= 0.6 is 11.6 Å². The van der Waals surface area contributed by atoms with Crippen molar-refractivity contribution in [3.8, 4) is 11.3 Å². The Bertz CT molecular complexity index is 520. The van der Waals surface area contributed by atoms with Crippen molar-refractivity contribution in [2.75, 3.05) is 18.4 Å². The highest BCUT2D eigenvalue weighted by molar-refractivity contribution is 6.30. The summed E-state index contributed by atoms with van der Waals surface area (Å²) in [7, 11) is 0. The van der Waals surface area contributed by atoms with Gasteiger partial charge in [-0.25, -0.2) is 0 Å². The number of anilines is 1. The van der Waals surface area contributed by atoms with E-state index < -0.39 is 0 Å². The lowest BCUT2D eigenvalue weighted by molar-refractivity contribution is 0.470. The molecule has 1 aliphatic rings. The highest BCUT2D eigenvalue weighted by Crippen LogP contribution is 2.19. The predicted molar refractivity (Wildman–Crippen MR) is 72.8 cm³/mol. The van der Waals surface area contributed by atoms with Crippen LogP contribution in [0, 0.1) is 0 Å². The number of hydrogen-bond acceptors (Lipinski definition) is 4. The van der Waals surface area contributed by atoms with Gasteiger partial charge in [-0.05, 0) is 24.3 Å². The van der Waals surface area contributed by atoms with E-state index in [1.807, 2.05) is 36.4 Å². The minimum Gasteiger partial charge on any atom is -0.363 e.